The van der Waals surface area contributed by atoms with Crippen LogP contribution in [-0.2, 0) is 11.3 Å². The van der Waals surface area contributed by atoms with Gasteiger partial charge in [-0.25, -0.2) is 0 Å². The van der Waals surface area contributed by atoms with Gasteiger partial charge in [-0.15, -0.1) is 0 Å². The number of halogens is 1. The number of nitrogens with zero attached hydrogens (tertiary/aromatic N) is 2. The summed E-state index contributed by atoms with van der Waals surface area (Å²) >= 11 is 3.39. The number of carbonyl (C=O) groups is 1. The molecule has 4 nitrogen and oxygen atoms in total. The fourth-order valence-corrected chi connectivity index (χ4v) is 2.54. The van der Waals surface area contributed by atoms with E-state index in [9.17, 15) is 4.79 Å². The molecule has 1 aliphatic carbocycles. The van der Waals surface area contributed by atoms with Gasteiger partial charge in [0.25, 0.3) is 0 Å². The smallest absolute Gasteiger partial charge is 0.241 e. The number of rotatable bonds is 3. The first-order valence-electron chi connectivity index (χ1n) is 6.14. The van der Waals surface area contributed by atoms with Crippen LogP contribution in [0.2, 0.25) is 0 Å². The van der Waals surface area contributed by atoms with Crippen LogP contribution in [0, 0.1) is 6.92 Å². The zero-order valence-electron chi connectivity index (χ0n) is 10.1. The normalized spacial score (nSPS) is 17.1. The van der Waals surface area contributed by atoms with Gasteiger partial charge in [-0.2, -0.15) is 5.10 Å². The maximum atomic E-state index is 11.9. The van der Waals surface area contributed by atoms with Crippen molar-refractivity contribution in [3.63, 3.8) is 0 Å². The fraction of sp³-hybridized carbons (Fsp3) is 0.667. The van der Waals surface area contributed by atoms with E-state index in [1.807, 2.05) is 6.92 Å². The Hall–Kier alpha value is -0.840. The molecule has 0 bridgehead atoms. The monoisotopic (exact) mass is 299 g/mol. The third-order valence-electron chi connectivity index (χ3n) is 3.31. The minimum absolute atomic E-state index is 0.0654. The van der Waals surface area contributed by atoms with Gasteiger partial charge in [-0.3, -0.25) is 9.48 Å². The average Bonchev–Trinajstić information content (AvgIpc) is 2.62. The Balaban J connectivity index is 1.86. The van der Waals surface area contributed by atoms with E-state index in [0.717, 1.165) is 23.0 Å². The van der Waals surface area contributed by atoms with Crippen LogP contribution in [-0.4, -0.2) is 21.7 Å². The minimum Gasteiger partial charge on any atom is -0.352 e. The summed E-state index contributed by atoms with van der Waals surface area (Å²) in [6.07, 6.45) is 7.73. The molecule has 1 amide bonds. The van der Waals surface area contributed by atoms with Crippen molar-refractivity contribution in [1.29, 1.82) is 0 Å². The fourth-order valence-electron chi connectivity index (χ4n) is 2.24. The van der Waals surface area contributed by atoms with Gasteiger partial charge in [0.2, 0.25) is 5.91 Å². The minimum atomic E-state index is 0.0654. The number of nitrogens with one attached hydrogen (secondary N) is 1. The first-order chi connectivity index (χ1) is 8.16. The molecule has 94 valence electrons. The first-order valence-corrected chi connectivity index (χ1v) is 6.93. The molecule has 0 spiro atoms. The van der Waals surface area contributed by atoms with E-state index in [4.69, 9.17) is 0 Å². The van der Waals surface area contributed by atoms with Crippen LogP contribution in [0.5, 0.6) is 0 Å². The van der Waals surface area contributed by atoms with E-state index in [-0.39, 0.29) is 5.91 Å². The van der Waals surface area contributed by atoms with Crippen LogP contribution in [0.1, 0.15) is 37.8 Å². The lowest BCUT2D eigenvalue weighted by molar-refractivity contribution is -0.122. The predicted molar refractivity (Wildman–Crippen MR) is 69.7 cm³/mol. The van der Waals surface area contributed by atoms with Gasteiger partial charge >= 0.3 is 0 Å². The van der Waals surface area contributed by atoms with Gasteiger partial charge in [0.15, 0.2) is 0 Å². The van der Waals surface area contributed by atoms with Crippen molar-refractivity contribution >= 4 is 21.8 Å². The summed E-state index contributed by atoms with van der Waals surface area (Å²) in [6, 6.07) is 0.371. The summed E-state index contributed by atoms with van der Waals surface area (Å²) < 4.78 is 2.67. The number of hydrogen-bond acceptors (Lipinski definition) is 2. The third kappa shape index (κ3) is 3.31. The Morgan fingerprint density at radius 3 is 2.82 bits per heavy atom. The predicted octanol–water partition coefficient (Wildman–Crippen LogP) is 2.40. The van der Waals surface area contributed by atoms with Crippen molar-refractivity contribution in [2.75, 3.05) is 0 Å². The standard InChI is InChI=1S/C12H18BrN3O/c1-9-11(13)7-14-16(9)8-12(17)15-10-5-3-2-4-6-10/h7,10H,2-6,8H2,1H3,(H,15,17). The van der Waals surface area contributed by atoms with Gasteiger partial charge < -0.3 is 5.32 Å². The highest BCUT2D eigenvalue weighted by Gasteiger charge is 2.16. The number of hydrogen-bond donors (Lipinski definition) is 1. The van der Waals surface area contributed by atoms with Crippen molar-refractivity contribution in [2.24, 2.45) is 0 Å². The van der Waals surface area contributed by atoms with E-state index in [2.05, 4.69) is 26.3 Å². The molecule has 1 aliphatic rings. The summed E-state index contributed by atoms with van der Waals surface area (Å²) in [7, 11) is 0. The molecule has 1 aromatic rings. The second-order valence-corrected chi connectivity index (χ2v) is 5.49. The SMILES string of the molecule is Cc1c(Br)cnn1CC(=O)NC1CCCCC1. The molecule has 17 heavy (non-hydrogen) atoms. The Labute approximate surface area is 110 Å². The third-order valence-corrected chi connectivity index (χ3v) is 4.09. The van der Waals surface area contributed by atoms with E-state index >= 15 is 0 Å². The highest BCUT2D eigenvalue weighted by Crippen LogP contribution is 2.17. The van der Waals surface area contributed by atoms with Crippen LogP contribution >= 0.6 is 15.9 Å². The topological polar surface area (TPSA) is 46.9 Å². The molecular weight excluding hydrogens is 282 g/mol. The zero-order chi connectivity index (χ0) is 12.3. The zero-order valence-corrected chi connectivity index (χ0v) is 11.7. The van der Waals surface area contributed by atoms with Gasteiger partial charge in [-0.05, 0) is 35.7 Å². The molecule has 5 heteroatoms. The molecule has 0 unspecified atom stereocenters. The van der Waals surface area contributed by atoms with Crippen LogP contribution in [0.4, 0.5) is 0 Å². The molecule has 0 saturated heterocycles. The van der Waals surface area contributed by atoms with Gasteiger partial charge in [0, 0.05) is 6.04 Å². The number of amides is 1. The van der Waals surface area contributed by atoms with Crippen LogP contribution < -0.4 is 5.32 Å². The number of carbonyl (C=O) groups excluding carboxylic acids is 1. The van der Waals surface area contributed by atoms with Gasteiger partial charge in [0.05, 0.1) is 16.4 Å². The van der Waals surface area contributed by atoms with Crippen molar-refractivity contribution in [1.82, 2.24) is 15.1 Å². The molecule has 0 radical (unpaired) electrons. The Morgan fingerprint density at radius 2 is 2.24 bits per heavy atom. The highest BCUT2D eigenvalue weighted by atomic mass is 79.9. The van der Waals surface area contributed by atoms with Gasteiger partial charge in [0.1, 0.15) is 6.54 Å². The lowest BCUT2D eigenvalue weighted by atomic mass is 9.95. The molecule has 0 aromatic carbocycles. The van der Waals surface area contributed by atoms with E-state index in [1.54, 1.807) is 10.9 Å². The summed E-state index contributed by atoms with van der Waals surface area (Å²) in [5.74, 6) is 0.0654. The maximum Gasteiger partial charge on any atom is 0.241 e. The summed E-state index contributed by atoms with van der Waals surface area (Å²) in [5.41, 5.74) is 0.990. The Morgan fingerprint density at radius 1 is 1.53 bits per heavy atom. The Kier molecular flexibility index (Phi) is 4.20. The van der Waals surface area contributed by atoms with Gasteiger partial charge in [-0.1, -0.05) is 19.3 Å². The second-order valence-electron chi connectivity index (χ2n) is 4.64. The molecule has 1 saturated carbocycles. The largest absolute Gasteiger partial charge is 0.352 e. The van der Waals surface area contributed by atoms with Crippen molar-refractivity contribution in [3.05, 3.63) is 16.4 Å². The van der Waals surface area contributed by atoms with Crippen LogP contribution in [0.3, 0.4) is 0 Å². The first kappa shape index (κ1) is 12.6. The second kappa shape index (κ2) is 5.67. The lowest BCUT2D eigenvalue weighted by Gasteiger charge is -2.22. The molecule has 0 atom stereocenters. The average molecular weight is 300 g/mol. The molecule has 1 aromatic heterocycles. The lowest BCUT2D eigenvalue weighted by Crippen LogP contribution is -2.38. The molecule has 0 aliphatic heterocycles. The van der Waals surface area contributed by atoms with E-state index in [0.29, 0.717) is 12.6 Å². The summed E-state index contributed by atoms with van der Waals surface area (Å²) in [5, 5.41) is 7.25. The van der Waals surface area contributed by atoms with Crippen molar-refractivity contribution in [2.45, 2.75) is 51.6 Å². The van der Waals surface area contributed by atoms with E-state index in [1.165, 1.54) is 19.3 Å². The van der Waals surface area contributed by atoms with Crippen molar-refractivity contribution < 1.29 is 4.79 Å². The maximum absolute atomic E-state index is 11.9. The van der Waals surface area contributed by atoms with Crippen LogP contribution in [0.25, 0.3) is 0 Å². The Bertz CT molecular complexity index is 396. The van der Waals surface area contributed by atoms with Crippen molar-refractivity contribution in [3.8, 4) is 0 Å². The molecule has 1 fully saturated rings. The quantitative estimate of drug-likeness (QED) is 0.932. The van der Waals surface area contributed by atoms with Crippen LogP contribution in [0.15, 0.2) is 10.7 Å². The summed E-state index contributed by atoms with van der Waals surface area (Å²) in [4.78, 5) is 11.9. The van der Waals surface area contributed by atoms with E-state index < -0.39 is 0 Å². The highest BCUT2D eigenvalue weighted by molar-refractivity contribution is 9.10. The molecular formula is C12H18BrN3O. The molecule has 1 heterocycles. The number of aromatic nitrogens is 2. The molecule has 2 rings (SSSR count). The summed E-state index contributed by atoms with van der Waals surface area (Å²) in [6.45, 7) is 2.26. The molecule has 1 N–H and O–H groups in total.